The number of hydrogen-bond donors (Lipinski definition) is 0. The second kappa shape index (κ2) is 5.96. The van der Waals surface area contributed by atoms with Crippen LogP contribution in [0, 0.1) is 0 Å². The van der Waals surface area contributed by atoms with Crippen LogP contribution in [0.3, 0.4) is 0 Å². The van der Waals surface area contributed by atoms with Crippen LogP contribution < -0.4 is 0 Å². The molecule has 108 valence electrons. The Morgan fingerprint density at radius 2 is 1.80 bits per heavy atom. The molecule has 2 heterocycles. The maximum atomic E-state index is 4.91. The first-order chi connectivity index (χ1) is 9.81. The molecule has 1 aromatic carbocycles. The number of nitrogens with zero attached hydrogens (tertiary/aromatic N) is 3. The van der Waals surface area contributed by atoms with Crippen LogP contribution in [0.25, 0.3) is 11.0 Å². The van der Waals surface area contributed by atoms with Crippen molar-refractivity contribution in [2.24, 2.45) is 0 Å². The number of fused-ring (bicyclic) bond motifs is 1. The van der Waals surface area contributed by atoms with E-state index in [-0.39, 0.29) is 0 Å². The van der Waals surface area contributed by atoms with Crippen LogP contribution in [0.2, 0.25) is 0 Å². The molecular formula is C17H25N3. The summed E-state index contributed by atoms with van der Waals surface area (Å²) in [7, 11) is 0. The predicted octanol–water partition coefficient (Wildman–Crippen LogP) is 3.99. The summed E-state index contributed by atoms with van der Waals surface area (Å²) in [6.45, 7) is 7.96. The van der Waals surface area contributed by atoms with Gasteiger partial charge in [-0.2, -0.15) is 0 Å². The molecule has 0 amide bonds. The number of aryl methyl sites for hydroxylation is 1. The van der Waals surface area contributed by atoms with E-state index in [4.69, 9.17) is 4.98 Å². The van der Waals surface area contributed by atoms with Gasteiger partial charge in [0.1, 0.15) is 5.82 Å². The molecule has 0 radical (unpaired) electrons. The lowest BCUT2D eigenvalue weighted by atomic mass is 10.2. The summed E-state index contributed by atoms with van der Waals surface area (Å²) in [5, 5.41) is 0. The van der Waals surface area contributed by atoms with E-state index in [0.717, 1.165) is 12.1 Å². The van der Waals surface area contributed by atoms with Gasteiger partial charge in [-0.05, 0) is 51.9 Å². The number of benzene rings is 1. The Balaban J connectivity index is 1.95. The van der Waals surface area contributed by atoms with Crippen LogP contribution in [-0.2, 0) is 6.54 Å². The average molecular weight is 271 g/mol. The van der Waals surface area contributed by atoms with Gasteiger partial charge in [0.15, 0.2) is 0 Å². The van der Waals surface area contributed by atoms with Gasteiger partial charge in [0.05, 0.1) is 17.1 Å². The van der Waals surface area contributed by atoms with Crippen LogP contribution in [0.5, 0.6) is 0 Å². The first-order valence-corrected chi connectivity index (χ1v) is 8.00. The van der Waals surface area contributed by atoms with Gasteiger partial charge in [-0.15, -0.1) is 0 Å². The van der Waals surface area contributed by atoms with Crippen molar-refractivity contribution < 1.29 is 0 Å². The summed E-state index contributed by atoms with van der Waals surface area (Å²) in [5.41, 5.74) is 2.40. The Bertz CT molecular complexity index is 565. The zero-order valence-corrected chi connectivity index (χ0v) is 12.7. The summed E-state index contributed by atoms with van der Waals surface area (Å²) in [6, 6.07) is 8.91. The lowest BCUT2D eigenvalue weighted by molar-refractivity contribution is 0.208. The van der Waals surface area contributed by atoms with Crippen molar-refractivity contribution >= 4 is 11.0 Å². The Hall–Kier alpha value is -1.35. The monoisotopic (exact) mass is 271 g/mol. The summed E-state index contributed by atoms with van der Waals surface area (Å²) in [6.07, 6.45) is 5.42. The molecular weight excluding hydrogens is 246 g/mol. The molecule has 1 aromatic heterocycles. The standard InChI is InChI=1S/C17H25N3/c1-3-20-16-11-7-6-10-15(16)18-17(20)14(2)19-12-8-4-5-9-13-19/h6-7,10-11,14H,3-5,8-9,12-13H2,1-2H3/t14-/m1/s1. The first-order valence-electron chi connectivity index (χ1n) is 8.00. The second-order valence-electron chi connectivity index (χ2n) is 5.83. The number of rotatable bonds is 3. The van der Waals surface area contributed by atoms with Gasteiger partial charge in [-0.3, -0.25) is 4.90 Å². The van der Waals surface area contributed by atoms with E-state index in [9.17, 15) is 0 Å². The van der Waals surface area contributed by atoms with Gasteiger partial charge in [-0.1, -0.05) is 25.0 Å². The average Bonchev–Trinajstić information content (AvgIpc) is 2.65. The quantitative estimate of drug-likeness (QED) is 0.841. The number of hydrogen-bond acceptors (Lipinski definition) is 2. The molecule has 0 spiro atoms. The van der Waals surface area contributed by atoms with Crippen LogP contribution in [0.15, 0.2) is 24.3 Å². The highest BCUT2D eigenvalue weighted by atomic mass is 15.2. The van der Waals surface area contributed by atoms with Crippen LogP contribution in [0.4, 0.5) is 0 Å². The molecule has 0 bridgehead atoms. The van der Waals surface area contributed by atoms with E-state index >= 15 is 0 Å². The third-order valence-electron chi connectivity index (χ3n) is 4.56. The highest BCUT2D eigenvalue weighted by Crippen LogP contribution is 2.26. The molecule has 2 aromatic rings. The van der Waals surface area contributed by atoms with Crippen LogP contribution in [0.1, 0.15) is 51.4 Å². The van der Waals surface area contributed by atoms with E-state index in [1.165, 1.54) is 50.1 Å². The van der Waals surface area contributed by atoms with Gasteiger partial charge in [-0.25, -0.2) is 4.98 Å². The van der Waals surface area contributed by atoms with Crippen molar-refractivity contribution in [1.29, 1.82) is 0 Å². The SMILES string of the molecule is CCn1c([C@@H](C)N2CCCCCC2)nc2ccccc21. The molecule has 3 nitrogen and oxygen atoms in total. The molecule has 3 heteroatoms. The molecule has 3 rings (SSSR count). The van der Waals surface area contributed by atoms with E-state index in [1.54, 1.807) is 0 Å². The van der Waals surface area contributed by atoms with Crippen LogP contribution >= 0.6 is 0 Å². The Kier molecular flexibility index (Phi) is 4.06. The smallest absolute Gasteiger partial charge is 0.127 e. The highest BCUT2D eigenvalue weighted by Gasteiger charge is 2.22. The lowest BCUT2D eigenvalue weighted by Gasteiger charge is -2.27. The van der Waals surface area contributed by atoms with Crippen molar-refractivity contribution in [3.8, 4) is 0 Å². The van der Waals surface area contributed by atoms with Crippen molar-refractivity contribution in [2.75, 3.05) is 13.1 Å². The third-order valence-corrected chi connectivity index (χ3v) is 4.56. The van der Waals surface area contributed by atoms with Crippen molar-refractivity contribution in [1.82, 2.24) is 14.5 Å². The minimum absolute atomic E-state index is 0.417. The zero-order valence-electron chi connectivity index (χ0n) is 12.7. The van der Waals surface area contributed by atoms with Crippen LogP contribution in [-0.4, -0.2) is 27.5 Å². The van der Waals surface area contributed by atoms with E-state index in [0.29, 0.717) is 6.04 Å². The Morgan fingerprint density at radius 1 is 1.10 bits per heavy atom. The van der Waals surface area contributed by atoms with E-state index < -0.39 is 0 Å². The van der Waals surface area contributed by atoms with Crippen molar-refractivity contribution in [2.45, 2.75) is 52.1 Å². The maximum absolute atomic E-state index is 4.91. The number of para-hydroxylation sites is 2. The maximum Gasteiger partial charge on any atom is 0.127 e. The molecule has 0 unspecified atom stereocenters. The third kappa shape index (κ3) is 2.47. The van der Waals surface area contributed by atoms with E-state index in [2.05, 4.69) is 47.6 Å². The fourth-order valence-electron chi connectivity index (χ4n) is 3.39. The molecule has 1 aliphatic heterocycles. The fraction of sp³-hybridized carbons (Fsp3) is 0.588. The number of imidazole rings is 1. The Morgan fingerprint density at radius 3 is 2.50 bits per heavy atom. The number of likely N-dealkylation sites (tertiary alicyclic amines) is 1. The largest absolute Gasteiger partial charge is 0.327 e. The molecule has 1 saturated heterocycles. The summed E-state index contributed by atoms with van der Waals surface area (Å²) in [4.78, 5) is 7.52. The first kappa shape index (κ1) is 13.6. The minimum atomic E-state index is 0.417. The number of aromatic nitrogens is 2. The van der Waals surface area contributed by atoms with E-state index in [1.807, 2.05) is 0 Å². The topological polar surface area (TPSA) is 21.1 Å². The summed E-state index contributed by atoms with van der Waals surface area (Å²) < 4.78 is 2.38. The molecule has 0 aliphatic carbocycles. The van der Waals surface area contributed by atoms with Crippen molar-refractivity contribution in [3.63, 3.8) is 0 Å². The molecule has 0 saturated carbocycles. The fourth-order valence-corrected chi connectivity index (χ4v) is 3.39. The van der Waals surface area contributed by atoms with Gasteiger partial charge in [0.25, 0.3) is 0 Å². The molecule has 20 heavy (non-hydrogen) atoms. The Labute approximate surface area is 121 Å². The molecule has 0 N–H and O–H groups in total. The van der Waals surface area contributed by atoms with Gasteiger partial charge < -0.3 is 4.57 Å². The minimum Gasteiger partial charge on any atom is -0.327 e. The zero-order chi connectivity index (χ0) is 13.9. The summed E-state index contributed by atoms with van der Waals surface area (Å²) >= 11 is 0. The summed E-state index contributed by atoms with van der Waals surface area (Å²) in [5.74, 6) is 1.23. The van der Waals surface area contributed by atoms with Gasteiger partial charge in [0, 0.05) is 6.54 Å². The van der Waals surface area contributed by atoms with Gasteiger partial charge in [0.2, 0.25) is 0 Å². The molecule has 1 fully saturated rings. The lowest BCUT2D eigenvalue weighted by Crippen LogP contribution is -2.29. The second-order valence-corrected chi connectivity index (χ2v) is 5.83. The van der Waals surface area contributed by atoms with Crippen molar-refractivity contribution in [3.05, 3.63) is 30.1 Å². The van der Waals surface area contributed by atoms with Gasteiger partial charge >= 0.3 is 0 Å². The predicted molar refractivity (Wildman–Crippen MR) is 83.9 cm³/mol. The molecule has 1 atom stereocenters. The molecule has 1 aliphatic rings. The highest BCUT2D eigenvalue weighted by molar-refractivity contribution is 5.76. The normalized spacial score (nSPS) is 19.1.